The fourth-order valence-corrected chi connectivity index (χ4v) is 4.94. The highest BCUT2D eigenvalue weighted by Crippen LogP contribution is 2.37. The molecule has 1 aromatic heterocycles. The quantitative estimate of drug-likeness (QED) is 0.545. The van der Waals surface area contributed by atoms with Gasteiger partial charge in [-0.15, -0.1) is 0 Å². The molecule has 1 atom stereocenters. The first-order valence-corrected chi connectivity index (χ1v) is 11.4. The maximum absolute atomic E-state index is 13.6. The Hall–Kier alpha value is -3.85. The van der Waals surface area contributed by atoms with Crippen LogP contribution in [0.15, 0.2) is 63.5 Å². The van der Waals surface area contributed by atoms with Crippen LogP contribution in [-0.2, 0) is 9.53 Å². The number of benzene rings is 2. The fourth-order valence-electron chi connectivity index (χ4n) is 3.90. The van der Waals surface area contributed by atoms with Crippen molar-refractivity contribution in [1.29, 1.82) is 0 Å². The average molecular weight is 481 g/mol. The second kappa shape index (κ2) is 9.56. The Bertz CT molecular complexity index is 1470. The number of phenolic OH excluding ortho intramolecular Hbond substituents is 1. The lowest BCUT2D eigenvalue weighted by molar-refractivity contribution is -0.139. The molecule has 0 aliphatic carbocycles. The van der Waals surface area contributed by atoms with Crippen molar-refractivity contribution in [3.63, 3.8) is 0 Å². The smallest absolute Gasteiger partial charge is 0.338 e. The molecule has 8 nitrogen and oxygen atoms in total. The van der Waals surface area contributed by atoms with Crippen molar-refractivity contribution >= 4 is 23.4 Å². The van der Waals surface area contributed by atoms with E-state index in [0.717, 1.165) is 0 Å². The molecule has 4 rings (SSSR count). The van der Waals surface area contributed by atoms with Gasteiger partial charge in [-0.05, 0) is 49.8 Å². The van der Waals surface area contributed by atoms with Gasteiger partial charge in [0.25, 0.3) is 5.56 Å². The number of hydrogen-bond acceptors (Lipinski definition) is 8. The maximum Gasteiger partial charge on any atom is 0.338 e. The summed E-state index contributed by atoms with van der Waals surface area (Å²) in [5.41, 5.74) is 1.69. The summed E-state index contributed by atoms with van der Waals surface area (Å²) in [6, 6.07) is 11.0. The zero-order valence-corrected chi connectivity index (χ0v) is 20.0. The zero-order chi connectivity index (χ0) is 24.4. The number of nitrogens with zero attached hydrogens (tertiary/aromatic N) is 2. The number of phenols is 1. The Morgan fingerprint density at radius 1 is 1.21 bits per heavy atom. The van der Waals surface area contributed by atoms with Crippen molar-refractivity contribution in [2.24, 2.45) is 4.99 Å². The molecule has 9 heteroatoms. The van der Waals surface area contributed by atoms with Crippen LogP contribution < -0.4 is 24.4 Å². The van der Waals surface area contributed by atoms with Crippen LogP contribution in [0.2, 0.25) is 0 Å². The molecule has 1 aliphatic heterocycles. The third kappa shape index (κ3) is 4.22. The fraction of sp³-hybridized carbons (Fsp3) is 0.240. The minimum atomic E-state index is -0.803. The summed E-state index contributed by atoms with van der Waals surface area (Å²) in [6.07, 6.45) is 1.69. The van der Waals surface area contributed by atoms with Gasteiger partial charge < -0.3 is 19.3 Å². The number of thiazole rings is 1. The molecule has 1 N–H and O–H groups in total. The number of aromatic hydroxyl groups is 1. The van der Waals surface area contributed by atoms with E-state index < -0.39 is 12.0 Å². The lowest BCUT2D eigenvalue weighted by atomic mass is 9.95. The molecule has 1 aliphatic rings. The summed E-state index contributed by atoms with van der Waals surface area (Å²) in [6.45, 7) is 3.63. The summed E-state index contributed by atoms with van der Waals surface area (Å²) in [5.74, 6) is 0.593. The molecule has 0 amide bonds. The van der Waals surface area contributed by atoms with E-state index in [-0.39, 0.29) is 23.5 Å². The van der Waals surface area contributed by atoms with Gasteiger partial charge in [0.2, 0.25) is 0 Å². The van der Waals surface area contributed by atoms with Crippen LogP contribution in [0.1, 0.15) is 31.0 Å². The summed E-state index contributed by atoms with van der Waals surface area (Å²) < 4.78 is 18.1. The monoisotopic (exact) mass is 480 g/mol. The average Bonchev–Trinajstić information content (AvgIpc) is 3.12. The van der Waals surface area contributed by atoms with Gasteiger partial charge in [-0.3, -0.25) is 9.36 Å². The normalized spacial score (nSPS) is 15.5. The van der Waals surface area contributed by atoms with Crippen LogP contribution in [0.25, 0.3) is 6.08 Å². The van der Waals surface area contributed by atoms with Gasteiger partial charge in [0.05, 0.1) is 36.6 Å². The Balaban J connectivity index is 2.00. The number of allylic oxidation sites excluding steroid dienone is 1. The second-order valence-corrected chi connectivity index (χ2v) is 8.51. The third-order valence-electron chi connectivity index (χ3n) is 5.42. The summed E-state index contributed by atoms with van der Waals surface area (Å²) in [7, 11) is 3.07. The third-order valence-corrected chi connectivity index (χ3v) is 6.40. The number of methoxy groups -OCH3 is 2. The van der Waals surface area contributed by atoms with Gasteiger partial charge in [-0.2, -0.15) is 0 Å². The van der Waals surface area contributed by atoms with E-state index in [2.05, 4.69) is 4.99 Å². The first-order chi connectivity index (χ1) is 16.4. The predicted octanol–water partition coefficient (Wildman–Crippen LogP) is 2.52. The Kier molecular flexibility index (Phi) is 6.56. The van der Waals surface area contributed by atoms with E-state index in [1.165, 1.54) is 23.0 Å². The van der Waals surface area contributed by atoms with Gasteiger partial charge >= 0.3 is 5.97 Å². The highest BCUT2D eigenvalue weighted by Gasteiger charge is 2.35. The highest BCUT2D eigenvalue weighted by atomic mass is 32.1. The molecule has 0 saturated carbocycles. The van der Waals surface area contributed by atoms with Crippen molar-refractivity contribution in [2.45, 2.75) is 19.9 Å². The lowest BCUT2D eigenvalue weighted by Gasteiger charge is -2.26. The highest BCUT2D eigenvalue weighted by molar-refractivity contribution is 7.07. The lowest BCUT2D eigenvalue weighted by Crippen LogP contribution is -2.40. The molecule has 0 radical (unpaired) electrons. The Labute approximate surface area is 199 Å². The molecule has 0 bridgehead atoms. The number of ether oxygens (including phenoxy) is 3. The van der Waals surface area contributed by atoms with Gasteiger partial charge in [-0.25, -0.2) is 9.79 Å². The van der Waals surface area contributed by atoms with Crippen LogP contribution in [0.5, 0.6) is 17.2 Å². The van der Waals surface area contributed by atoms with E-state index >= 15 is 0 Å². The largest absolute Gasteiger partial charge is 0.508 e. The molecule has 3 aromatic rings. The second-order valence-electron chi connectivity index (χ2n) is 7.51. The maximum atomic E-state index is 13.6. The molecule has 2 aromatic carbocycles. The molecule has 176 valence electrons. The summed E-state index contributed by atoms with van der Waals surface area (Å²) in [4.78, 5) is 31.7. The number of rotatable bonds is 6. The Morgan fingerprint density at radius 2 is 2.00 bits per heavy atom. The minimum absolute atomic E-state index is 0.0998. The van der Waals surface area contributed by atoms with Crippen molar-refractivity contribution in [3.8, 4) is 17.2 Å². The minimum Gasteiger partial charge on any atom is -0.508 e. The molecule has 0 spiro atoms. The number of fused-ring (bicyclic) bond motifs is 1. The molecular formula is C25H24N2O6S. The van der Waals surface area contributed by atoms with Gasteiger partial charge in [0.1, 0.15) is 23.3 Å². The topological polar surface area (TPSA) is 99.4 Å². The predicted molar refractivity (Wildman–Crippen MR) is 128 cm³/mol. The standard InChI is InChI=1S/C25H24N2O6S/c1-5-33-24(30)21-14(2)26-25-27(22(21)18-10-9-17(31-3)13-19(18)32-4)23(29)20(34-25)12-15-7-6-8-16(28)11-15/h6-13,22,28H,5H2,1-4H3/b20-12-/t22-/m1/s1. The molecule has 2 heterocycles. The number of carbonyl (C=O) groups excluding carboxylic acids is 1. The van der Waals surface area contributed by atoms with Crippen molar-refractivity contribution in [2.75, 3.05) is 20.8 Å². The number of carbonyl (C=O) groups is 1. The summed E-state index contributed by atoms with van der Waals surface area (Å²) >= 11 is 1.21. The number of hydrogen-bond donors (Lipinski definition) is 1. The van der Waals surface area contributed by atoms with Gasteiger partial charge in [-0.1, -0.05) is 23.5 Å². The molecule has 0 fully saturated rings. The number of aromatic nitrogens is 1. The molecule has 0 saturated heterocycles. The van der Waals surface area contributed by atoms with Crippen LogP contribution in [0.3, 0.4) is 0 Å². The van der Waals surface area contributed by atoms with E-state index in [0.29, 0.717) is 37.7 Å². The first kappa shape index (κ1) is 23.3. The Morgan fingerprint density at radius 3 is 2.68 bits per heavy atom. The molecular weight excluding hydrogens is 456 g/mol. The van der Waals surface area contributed by atoms with Crippen molar-refractivity contribution in [1.82, 2.24) is 4.57 Å². The van der Waals surface area contributed by atoms with E-state index in [1.54, 1.807) is 69.5 Å². The van der Waals surface area contributed by atoms with Crippen molar-refractivity contribution in [3.05, 3.63) is 84.5 Å². The van der Waals surface area contributed by atoms with Crippen LogP contribution >= 0.6 is 11.3 Å². The van der Waals surface area contributed by atoms with Crippen LogP contribution in [0, 0.1) is 0 Å². The van der Waals surface area contributed by atoms with E-state index in [9.17, 15) is 14.7 Å². The SMILES string of the molecule is CCOC(=O)C1=C(C)N=c2s/c(=C\c3cccc(O)c3)c(=O)n2[C@@H]1c1ccc(OC)cc1OC. The van der Waals surface area contributed by atoms with Crippen LogP contribution in [0.4, 0.5) is 0 Å². The summed E-state index contributed by atoms with van der Waals surface area (Å²) in [5, 5.41) is 9.79. The van der Waals surface area contributed by atoms with Gasteiger partial charge in [0.15, 0.2) is 4.80 Å². The van der Waals surface area contributed by atoms with E-state index in [4.69, 9.17) is 14.2 Å². The van der Waals surface area contributed by atoms with Crippen LogP contribution in [-0.4, -0.2) is 36.5 Å². The first-order valence-electron chi connectivity index (χ1n) is 10.6. The molecule has 34 heavy (non-hydrogen) atoms. The zero-order valence-electron chi connectivity index (χ0n) is 19.2. The molecule has 0 unspecified atom stereocenters. The van der Waals surface area contributed by atoms with E-state index in [1.807, 2.05) is 0 Å². The van der Waals surface area contributed by atoms with Crippen molar-refractivity contribution < 1.29 is 24.1 Å². The number of esters is 1. The van der Waals surface area contributed by atoms with Gasteiger partial charge in [0, 0.05) is 11.6 Å².